The van der Waals surface area contributed by atoms with E-state index < -0.39 is 0 Å². The Kier molecular flexibility index (Phi) is 7.13. The highest BCUT2D eigenvalue weighted by molar-refractivity contribution is 7.99. The van der Waals surface area contributed by atoms with Gasteiger partial charge in [0.15, 0.2) is 11.0 Å². The number of esters is 1. The second kappa shape index (κ2) is 9.97. The van der Waals surface area contributed by atoms with Crippen molar-refractivity contribution in [3.63, 3.8) is 0 Å². The van der Waals surface area contributed by atoms with Gasteiger partial charge in [0.25, 0.3) is 0 Å². The SMILES string of the molecule is CCOC(=O)CSc1nnc(COc2ccc(OC)cc2)n1-c1ccc(C)cc1. The van der Waals surface area contributed by atoms with Gasteiger partial charge < -0.3 is 14.2 Å². The van der Waals surface area contributed by atoms with Crippen molar-refractivity contribution >= 4 is 17.7 Å². The zero-order valence-electron chi connectivity index (χ0n) is 16.6. The van der Waals surface area contributed by atoms with Gasteiger partial charge in [-0.25, -0.2) is 0 Å². The summed E-state index contributed by atoms with van der Waals surface area (Å²) in [5.74, 6) is 1.97. The van der Waals surface area contributed by atoms with Crippen LogP contribution in [-0.4, -0.2) is 40.2 Å². The Labute approximate surface area is 174 Å². The molecule has 0 spiro atoms. The van der Waals surface area contributed by atoms with Crippen molar-refractivity contribution < 1.29 is 19.0 Å². The van der Waals surface area contributed by atoms with Gasteiger partial charge in [-0.2, -0.15) is 0 Å². The zero-order valence-corrected chi connectivity index (χ0v) is 17.4. The molecule has 0 radical (unpaired) electrons. The molecule has 0 amide bonds. The fourth-order valence-electron chi connectivity index (χ4n) is 2.59. The molecule has 0 bridgehead atoms. The summed E-state index contributed by atoms with van der Waals surface area (Å²) in [7, 11) is 1.62. The summed E-state index contributed by atoms with van der Waals surface area (Å²) in [6.45, 7) is 4.39. The topological polar surface area (TPSA) is 75.5 Å². The summed E-state index contributed by atoms with van der Waals surface area (Å²) >= 11 is 1.28. The fourth-order valence-corrected chi connectivity index (χ4v) is 3.36. The molecule has 0 fully saturated rings. The van der Waals surface area contributed by atoms with Crippen LogP contribution in [0.5, 0.6) is 11.5 Å². The highest BCUT2D eigenvalue weighted by Crippen LogP contribution is 2.24. The van der Waals surface area contributed by atoms with Crippen LogP contribution in [0.1, 0.15) is 18.3 Å². The number of benzene rings is 2. The minimum absolute atomic E-state index is 0.164. The van der Waals surface area contributed by atoms with Gasteiger partial charge in [0.1, 0.15) is 18.1 Å². The van der Waals surface area contributed by atoms with Crippen molar-refractivity contribution in [3.8, 4) is 17.2 Å². The van der Waals surface area contributed by atoms with Crippen LogP contribution >= 0.6 is 11.8 Å². The minimum Gasteiger partial charge on any atom is -0.497 e. The Balaban J connectivity index is 1.81. The monoisotopic (exact) mass is 413 g/mol. The Morgan fingerprint density at radius 2 is 1.72 bits per heavy atom. The van der Waals surface area contributed by atoms with E-state index in [1.165, 1.54) is 11.8 Å². The van der Waals surface area contributed by atoms with Gasteiger partial charge in [-0.05, 0) is 50.2 Å². The molecule has 1 heterocycles. The van der Waals surface area contributed by atoms with Crippen molar-refractivity contribution in [2.45, 2.75) is 25.6 Å². The van der Waals surface area contributed by atoms with Crippen LogP contribution < -0.4 is 9.47 Å². The molecule has 0 atom stereocenters. The maximum Gasteiger partial charge on any atom is 0.316 e. The average molecular weight is 413 g/mol. The number of methoxy groups -OCH3 is 1. The molecule has 0 aliphatic carbocycles. The summed E-state index contributed by atoms with van der Waals surface area (Å²) in [5.41, 5.74) is 2.05. The number of aromatic nitrogens is 3. The van der Waals surface area contributed by atoms with E-state index in [0.29, 0.717) is 23.3 Å². The van der Waals surface area contributed by atoms with Crippen LogP contribution in [0.4, 0.5) is 0 Å². The van der Waals surface area contributed by atoms with Gasteiger partial charge >= 0.3 is 5.97 Å². The second-order valence-electron chi connectivity index (χ2n) is 6.13. The van der Waals surface area contributed by atoms with Gasteiger partial charge in [0.05, 0.1) is 19.5 Å². The largest absolute Gasteiger partial charge is 0.497 e. The maximum atomic E-state index is 11.7. The van der Waals surface area contributed by atoms with E-state index >= 15 is 0 Å². The van der Waals surface area contributed by atoms with E-state index in [0.717, 1.165) is 17.0 Å². The van der Waals surface area contributed by atoms with Crippen LogP contribution in [0.3, 0.4) is 0 Å². The normalized spacial score (nSPS) is 10.6. The van der Waals surface area contributed by atoms with Gasteiger partial charge in [-0.1, -0.05) is 29.5 Å². The molecule has 0 saturated carbocycles. The molecule has 0 aliphatic heterocycles. The lowest BCUT2D eigenvalue weighted by Crippen LogP contribution is -2.09. The first-order chi connectivity index (χ1) is 14.1. The third-order valence-electron chi connectivity index (χ3n) is 4.04. The number of rotatable bonds is 9. The lowest BCUT2D eigenvalue weighted by atomic mass is 10.2. The number of ether oxygens (including phenoxy) is 3. The quantitative estimate of drug-likeness (QED) is 0.390. The molecule has 3 rings (SSSR count). The van der Waals surface area contributed by atoms with E-state index in [-0.39, 0.29) is 18.3 Å². The van der Waals surface area contributed by atoms with Crippen LogP contribution in [-0.2, 0) is 16.1 Å². The van der Waals surface area contributed by atoms with Crippen LogP contribution in [0, 0.1) is 6.92 Å². The molecule has 0 aliphatic rings. The van der Waals surface area contributed by atoms with Crippen molar-refractivity contribution in [1.29, 1.82) is 0 Å². The number of thioether (sulfide) groups is 1. The zero-order chi connectivity index (χ0) is 20.6. The number of carbonyl (C=O) groups is 1. The Morgan fingerprint density at radius 1 is 1.03 bits per heavy atom. The molecule has 0 saturated heterocycles. The molecule has 7 nitrogen and oxygen atoms in total. The lowest BCUT2D eigenvalue weighted by Gasteiger charge is -2.11. The molecule has 0 N–H and O–H groups in total. The molecular formula is C21H23N3O4S. The van der Waals surface area contributed by atoms with E-state index in [1.807, 2.05) is 60.0 Å². The molecule has 3 aromatic rings. The van der Waals surface area contributed by atoms with E-state index in [2.05, 4.69) is 10.2 Å². The predicted octanol–water partition coefficient (Wildman–Crippen LogP) is 3.82. The Morgan fingerprint density at radius 3 is 2.38 bits per heavy atom. The third-order valence-corrected chi connectivity index (χ3v) is 4.95. The summed E-state index contributed by atoms with van der Waals surface area (Å²) in [4.78, 5) is 11.7. The summed E-state index contributed by atoms with van der Waals surface area (Å²) in [6.07, 6.45) is 0. The van der Waals surface area contributed by atoms with Crippen molar-refractivity contribution in [2.24, 2.45) is 0 Å². The molecule has 8 heteroatoms. The Hall–Kier alpha value is -3.00. The number of hydrogen-bond donors (Lipinski definition) is 0. The fraction of sp³-hybridized carbons (Fsp3) is 0.286. The lowest BCUT2D eigenvalue weighted by molar-refractivity contribution is -0.139. The standard InChI is InChI=1S/C21H23N3O4S/c1-4-27-20(25)14-29-21-23-22-19(24(21)16-7-5-15(2)6-8-16)13-28-18-11-9-17(26-3)10-12-18/h5-12H,4,13-14H2,1-3H3. The second-order valence-corrected chi connectivity index (χ2v) is 7.07. The predicted molar refractivity (Wildman–Crippen MR) is 111 cm³/mol. The minimum atomic E-state index is -0.285. The van der Waals surface area contributed by atoms with Crippen LogP contribution in [0.15, 0.2) is 53.7 Å². The summed E-state index contributed by atoms with van der Waals surface area (Å²) in [5, 5.41) is 9.14. The van der Waals surface area contributed by atoms with Crippen LogP contribution in [0.25, 0.3) is 5.69 Å². The van der Waals surface area contributed by atoms with E-state index in [4.69, 9.17) is 14.2 Å². The average Bonchev–Trinajstić information content (AvgIpc) is 3.15. The third kappa shape index (κ3) is 5.51. The summed E-state index contributed by atoms with van der Waals surface area (Å²) < 4.78 is 17.9. The highest BCUT2D eigenvalue weighted by atomic mass is 32.2. The smallest absolute Gasteiger partial charge is 0.316 e. The van der Waals surface area contributed by atoms with Gasteiger partial charge in [0, 0.05) is 5.69 Å². The van der Waals surface area contributed by atoms with Crippen LogP contribution in [0.2, 0.25) is 0 Å². The Bertz CT molecular complexity index is 940. The van der Waals surface area contributed by atoms with E-state index in [1.54, 1.807) is 14.0 Å². The van der Waals surface area contributed by atoms with Crippen molar-refractivity contribution in [2.75, 3.05) is 19.5 Å². The first-order valence-corrected chi connectivity index (χ1v) is 10.2. The number of carbonyl (C=O) groups excluding carboxylic acids is 1. The van der Waals surface area contributed by atoms with E-state index in [9.17, 15) is 4.79 Å². The van der Waals surface area contributed by atoms with Gasteiger partial charge in [0.2, 0.25) is 0 Å². The first-order valence-electron chi connectivity index (χ1n) is 9.17. The van der Waals surface area contributed by atoms with Crippen molar-refractivity contribution in [1.82, 2.24) is 14.8 Å². The van der Waals surface area contributed by atoms with Crippen molar-refractivity contribution in [3.05, 3.63) is 59.9 Å². The number of nitrogens with zero attached hydrogens (tertiary/aromatic N) is 3. The summed E-state index contributed by atoms with van der Waals surface area (Å²) in [6, 6.07) is 15.4. The molecule has 1 aromatic heterocycles. The molecule has 152 valence electrons. The maximum absolute atomic E-state index is 11.7. The molecule has 2 aromatic carbocycles. The number of aryl methyl sites for hydroxylation is 1. The number of hydrogen-bond acceptors (Lipinski definition) is 7. The molecule has 0 unspecified atom stereocenters. The molecular weight excluding hydrogens is 390 g/mol. The highest BCUT2D eigenvalue weighted by Gasteiger charge is 2.17. The van der Waals surface area contributed by atoms with Gasteiger partial charge in [-0.15, -0.1) is 10.2 Å². The van der Waals surface area contributed by atoms with Gasteiger partial charge in [-0.3, -0.25) is 9.36 Å². The first kappa shape index (κ1) is 20.7. The molecule has 29 heavy (non-hydrogen) atoms.